The van der Waals surface area contributed by atoms with Gasteiger partial charge >= 0.3 is 0 Å². The highest BCUT2D eigenvalue weighted by Gasteiger charge is 2.64. The second-order valence-electron chi connectivity index (χ2n) is 8.91. The van der Waals surface area contributed by atoms with E-state index in [2.05, 4.69) is 17.0 Å². The number of aryl methyl sites for hydroxylation is 1. The van der Waals surface area contributed by atoms with Crippen molar-refractivity contribution >= 4 is 40.2 Å². The van der Waals surface area contributed by atoms with Crippen LogP contribution >= 0.6 is 11.3 Å². The Morgan fingerprint density at radius 2 is 1.87 bits per heavy atom. The summed E-state index contributed by atoms with van der Waals surface area (Å²) in [5, 5.41) is 1.88. The molecule has 0 unspecified atom stereocenters. The first-order chi connectivity index (χ1) is 14.8. The van der Waals surface area contributed by atoms with Crippen molar-refractivity contribution in [2.45, 2.75) is 52.2 Å². The van der Waals surface area contributed by atoms with Crippen molar-refractivity contribution in [1.29, 1.82) is 0 Å². The number of hydrogen-bond acceptors (Lipinski definition) is 5. The molecular weight excluding hydrogens is 408 g/mol. The molecule has 3 aliphatic heterocycles. The highest BCUT2D eigenvalue weighted by molar-refractivity contribution is 7.12. The van der Waals surface area contributed by atoms with Crippen LogP contribution in [0.5, 0.6) is 0 Å². The maximum atomic E-state index is 13.7. The number of benzene rings is 1. The number of likely N-dealkylation sites (tertiary alicyclic amines) is 1. The summed E-state index contributed by atoms with van der Waals surface area (Å²) in [5.74, 6) is -1.59. The molecule has 0 saturated carbocycles. The van der Waals surface area contributed by atoms with Crippen LogP contribution in [0.15, 0.2) is 41.8 Å². The number of fused-ring (bicyclic) bond motifs is 5. The van der Waals surface area contributed by atoms with Crippen LogP contribution < -0.4 is 4.90 Å². The summed E-state index contributed by atoms with van der Waals surface area (Å²) < 4.78 is 0. The first kappa shape index (κ1) is 20.2. The van der Waals surface area contributed by atoms with Gasteiger partial charge in [0, 0.05) is 17.3 Å². The van der Waals surface area contributed by atoms with E-state index in [0.717, 1.165) is 22.4 Å². The number of allylic oxidation sites excluding steroid dienone is 1. The number of Topliss-reactive ketones (excluding diaryl/α,β-unsaturated/α-hetero) is 1. The van der Waals surface area contributed by atoms with Gasteiger partial charge in [-0.3, -0.25) is 19.3 Å². The quantitative estimate of drug-likeness (QED) is 0.531. The van der Waals surface area contributed by atoms with Gasteiger partial charge in [-0.15, -0.1) is 11.3 Å². The molecule has 5 nitrogen and oxygen atoms in total. The fourth-order valence-electron chi connectivity index (χ4n) is 5.46. The summed E-state index contributed by atoms with van der Waals surface area (Å²) in [4.78, 5) is 44.9. The van der Waals surface area contributed by atoms with Crippen LogP contribution in [0.2, 0.25) is 0 Å². The Balaban J connectivity index is 1.69. The van der Waals surface area contributed by atoms with Crippen molar-refractivity contribution in [3.05, 3.63) is 57.8 Å². The third-order valence-corrected chi connectivity index (χ3v) is 7.99. The molecule has 5 rings (SSSR count). The van der Waals surface area contributed by atoms with E-state index >= 15 is 0 Å². The normalized spacial score (nSPS) is 27.7. The lowest BCUT2D eigenvalue weighted by atomic mass is 9.86. The number of anilines is 1. The second-order valence-corrected chi connectivity index (χ2v) is 9.86. The number of rotatable bonds is 4. The molecule has 2 amide bonds. The highest BCUT2D eigenvalue weighted by atomic mass is 32.1. The summed E-state index contributed by atoms with van der Waals surface area (Å²) in [6.07, 6.45) is 2.79. The van der Waals surface area contributed by atoms with Crippen LogP contribution in [0.3, 0.4) is 0 Å². The summed E-state index contributed by atoms with van der Waals surface area (Å²) in [6.45, 7) is 7.98. The molecule has 4 heterocycles. The minimum atomic E-state index is -0.676. The number of nitrogens with zero attached hydrogens (tertiary/aromatic N) is 2. The number of ketones is 1. The van der Waals surface area contributed by atoms with Crippen LogP contribution in [-0.2, 0) is 9.59 Å². The summed E-state index contributed by atoms with van der Waals surface area (Å²) in [7, 11) is 0. The Bertz CT molecular complexity index is 1120. The molecule has 2 saturated heterocycles. The minimum absolute atomic E-state index is 0.0703. The Morgan fingerprint density at radius 3 is 2.55 bits per heavy atom. The molecule has 2 aromatic rings. The van der Waals surface area contributed by atoms with Crippen molar-refractivity contribution in [2.24, 2.45) is 11.8 Å². The third-order valence-electron chi connectivity index (χ3n) is 7.10. The van der Waals surface area contributed by atoms with E-state index < -0.39 is 17.9 Å². The van der Waals surface area contributed by atoms with Gasteiger partial charge in [0.25, 0.3) is 0 Å². The van der Waals surface area contributed by atoms with E-state index in [4.69, 9.17) is 0 Å². The maximum absolute atomic E-state index is 13.7. The third kappa shape index (κ3) is 2.77. The molecule has 2 fully saturated rings. The van der Waals surface area contributed by atoms with Gasteiger partial charge in [0.15, 0.2) is 5.78 Å². The van der Waals surface area contributed by atoms with Crippen molar-refractivity contribution in [2.75, 3.05) is 4.90 Å². The van der Waals surface area contributed by atoms with E-state index in [9.17, 15) is 14.4 Å². The number of hydrogen-bond donors (Lipinski definition) is 0. The molecule has 1 aromatic heterocycles. The Kier molecular flexibility index (Phi) is 4.66. The predicted octanol–water partition coefficient (Wildman–Crippen LogP) is 4.31. The lowest BCUT2D eigenvalue weighted by Crippen LogP contribution is -2.50. The molecule has 0 radical (unpaired) electrons. The Morgan fingerprint density at radius 1 is 1.13 bits per heavy atom. The standard InChI is InChI=1S/C25H26N2O3S/c1-5-15(4)26-24(29)20-18-12-14(3)16-11-13(2)8-9-17(16)27(18)22(21(20)25(26)30)23(28)19-7-6-10-31-19/h6-12,15,18,20-22H,5H2,1-4H3/t15-,18-,20+,21-,22-/m1/s1. The van der Waals surface area contributed by atoms with Gasteiger partial charge in [-0.1, -0.05) is 30.7 Å². The van der Waals surface area contributed by atoms with Gasteiger partial charge in [0.05, 0.1) is 22.8 Å². The van der Waals surface area contributed by atoms with E-state index in [1.807, 2.05) is 57.3 Å². The average Bonchev–Trinajstić information content (AvgIpc) is 3.44. The molecule has 3 aliphatic rings. The Labute approximate surface area is 186 Å². The first-order valence-corrected chi connectivity index (χ1v) is 11.8. The van der Waals surface area contributed by atoms with Crippen LogP contribution in [0.25, 0.3) is 5.57 Å². The van der Waals surface area contributed by atoms with Crippen LogP contribution in [0.4, 0.5) is 5.69 Å². The zero-order valence-electron chi connectivity index (χ0n) is 18.2. The fourth-order valence-corrected chi connectivity index (χ4v) is 6.16. The van der Waals surface area contributed by atoms with E-state index in [-0.39, 0.29) is 29.7 Å². The zero-order valence-corrected chi connectivity index (χ0v) is 19.0. The second kappa shape index (κ2) is 7.16. The van der Waals surface area contributed by atoms with Gasteiger partial charge in [-0.2, -0.15) is 0 Å². The fraction of sp³-hybridized carbons (Fsp3) is 0.400. The van der Waals surface area contributed by atoms with Crippen LogP contribution in [-0.4, -0.2) is 40.6 Å². The molecular formula is C25H26N2O3S. The SMILES string of the molecule is CC[C@@H](C)N1C(=O)[C@@H]2[C@@H](C1=O)[C@H](C(=O)c1cccs1)N1c3ccc(C)cc3C(C)=C[C@H]21. The molecule has 5 atom stereocenters. The molecule has 0 spiro atoms. The van der Waals surface area contributed by atoms with Gasteiger partial charge in [0.2, 0.25) is 11.8 Å². The van der Waals surface area contributed by atoms with E-state index in [1.165, 1.54) is 16.2 Å². The van der Waals surface area contributed by atoms with Gasteiger partial charge in [-0.05, 0) is 56.3 Å². The van der Waals surface area contributed by atoms with Crippen molar-refractivity contribution in [1.82, 2.24) is 4.90 Å². The van der Waals surface area contributed by atoms with Gasteiger partial charge in [-0.25, -0.2) is 0 Å². The number of carbonyl (C=O) groups excluding carboxylic acids is 3. The summed E-state index contributed by atoms with van der Waals surface area (Å²) in [5.41, 5.74) is 4.24. The van der Waals surface area contributed by atoms with Crippen molar-refractivity contribution in [3.8, 4) is 0 Å². The molecule has 6 heteroatoms. The molecule has 0 N–H and O–H groups in total. The largest absolute Gasteiger partial charge is 0.352 e. The molecule has 160 valence electrons. The zero-order chi connectivity index (χ0) is 22.0. The van der Waals surface area contributed by atoms with E-state index in [1.54, 1.807) is 0 Å². The Hall–Kier alpha value is -2.73. The molecule has 31 heavy (non-hydrogen) atoms. The smallest absolute Gasteiger partial charge is 0.236 e. The maximum Gasteiger partial charge on any atom is 0.236 e. The lowest BCUT2D eigenvalue weighted by molar-refractivity contribution is -0.142. The van der Waals surface area contributed by atoms with Crippen molar-refractivity contribution in [3.63, 3.8) is 0 Å². The van der Waals surface area contributed by atoms with Crippen LogP contribution in [0.1, 0.15) is 48.0 Å². The molecule has 0 aliphatic carbocycles. The minimum Gasteiger partial charge on any atom is -0.352 e. The topological polar surface area (TPSA) is 57.7 Å². The predicted molar refractivity (Wildman–Crippen MR) is 122 cm³/mol. The monoisotopic (exact) mass is 434 g/mol. The highest BCUT2D eigenvalue weighted by Crippen LogP contribution is 2.51. The van der Waals surface area contributed by atoms with E-state index in [0.29, 0.717) is 11.3 Å². The van der Waals surface area contributed by atoms with Crippen LogP contribution in [0, 0.1) is 18.8 Å². The average molecular weight is 435 g/mol. The molecule has 0 bridgehead atoms. The molecule has 1 aromatic carbocycles. The number of amides is 2. The summed E-state index contributed by atoms with van der Waals surface area (Å²) >= 11 is 1.39. The summed E-state index contributed by atoms with van der Waals surface area (Å²) in [6, 6.07) is 8.71. The lowest BCUT2D eigenvalue weighted by Gasteiger charge is -2.38. The first-order valence-electron chi connectivity index (χ1n) is 10.9. The van der Waals surface area contributed by atoms with Gasteiger partial charge < -0.3 is 4.90 Å². The van der Waals surface area contributed by atoms with Crippen molar-refractivity contribution < 1.29 is 14.4 Å². The number of carbonyl (C=O) groups is 3. The number of thiophene rings is 1. The van der Waals surface area contributed by atoms with Gasteiger partial charge in [0.1, 0.15) is 6.04 Å². The number of imide groups is 1.